The predicted molar refractivity (Wildman–Crippen MR) is 47.4 cm³/mol. The molecule has 0 aliphatic rings. The molecule has 0 unspecified atom stereocenters. The fraction of sp³-hybridized carbons (Fsp3) is 0.125. The molecule has 0 fully saturated rings. The van der Waals surface area contributed by atoms with Crippen LogP contribution in [-0.4, -0.2) is 20.4 Å². The molecule has 2 rings (SSSR count). The van der Waals surface area contributed by atoms with Crippen LogP contribution in [0.3, 0.4) is 0 Å². The molecule has 0 bridgehead atoms. The fourth-order valence-corrected chi connectivity index (χ4v) is 1.06. The summed E-state index contributed by atoms with van der Waals surface area (Å²) in [5.74, 6) is -0.0796. The summed E-state index contributed by atoms with van der Waals surface area (Å²) in [5, 5.41) is 4.00. The maximum Gasteiger partial charge on any atom is 0.180 e. The van der Waals surface area contributed by atoms with Crippen molar-refractivity contribution in [2.45, 2.75) is 6.92 Å². The number of nitrogens with zero attached hydrogens (tertiary/aromatic N) is 3. The quantitative estimate of drug-likeness (QED) is 0.642. The maximum atomic E-state index is 11.0. The summed E-state index contributed by atoms with van der Waals surface area (Å²) < 4.78 is 1.49. The van der Waals surface area contributed by atoms with E-state index in [1.165, 1.54) is 17.6 Å². The van der Waals surface area contributed by atoms with Crippen molar-refractivity contribution in [1.29, 1.82) is 0 Å². The highest BCUT2D eigenvalue weighted by Gasteiger charge is 2.05. The van der Waals surface area contributed by atoms with Gasteiger partial charge in [-0.3, -0.25) is 4.79 Å². The van der Waals surface area contributed by atoms with Gasteiger partial charge in [0.2, 0.25) is 0 Å². The van der Waals surface area contributed by atoms with Crippen molar-refractivity contribution in [2.24, 2.45) is 0 Å². The third kappa shape index (κ3) is 1.24. The van der Waals surface area contributed by atoms with Crippen molar-refractivity contribution in [1.82, 2.24) is 14.6 Å². The Morgan fingerprint density at radius 3 is 3.08 bits per heavy atom. The lowest BCUT2D eigenvalue weighted by Crippen LogP contribution is -1.96. The molecule has 2 aromatic rings. The van der Waals surface area contributed by atoms with E-state index >= 15 is 0 Å². The molecule has 66 valence electrons. The van der Waals surface area contributed by atoms with Crippen LogP contribution < -0.4 is 5.73 Å². The van der Waals surface area contributed by atoms with E-state index in [0.717, 1.165) is 0 Å². The second-order valence-corrected chi connectivity index (χ2v) is 2.78. The highest BCUT2D eigenvalue weighted by Crippen LogP contribution is 2.06. The molecule has 0 saturated carbocycles. The molecule has 2 aromatic heterocycles. The van der Waals surface area contributed by atoms with Crippen molar-refractivity contribution in [3.63, 3.8) is 0 Å². The number of nitrogens with two attached hydrogens (primary N) is 1. The number of carbonyl (C=O) groups is 1. The number of ketones is 1. The van der Waals surface area contributed by atoms with Crippen LogP contribution in [0.2, 0.25) is 0 Å². The fourth-order valence-electron chi connectivity index (χ4n) is 1.06. The second-order valence-electron chi connectivity index (χ2n) is 2.78. The number of nitrogen functional groups attached to an aromatic ring is 1. The van der Waals surface area contributed by atoms with Crippen LogP contribution in [-0.2, 0) is 0 Å². The Labute approximate surface area is 74.2 Å². The molecule has 0 aliphatic heterocycles. The minimum absolute atomic E-state index is 0.0796. The standard InChI is InChI=1S/C8H8N4O/c1-5(13)7-2-8-10-3-6(9)4-12(8)11-7/h2-4H,9H2,1H3. The van der Waals surface area contributed by atoms with Gasteiger partial charge in [-0.1, -0.05) is 0 Å². The van der Waals surface area contributed by atoms with Crippen LogP contribution in [0.15, 0.2) is 18.5 Å². The van der Waals surface area contributed by atoms with E-state index in [2.05, 4.69) is 10.1 Å². The van der Waals surface area contributed by atoms with E-state index in [9.17, 15) is 4.79 Å². The zero-order valence-electron chi connectivity index (χ0n) is 7.06. The average molecular weight is 176 g/mol. The number of anilines is 1. The lowest BCUT2D eigenvalue weighted by molar-refractivity contribution is 0.101. The topological polar surface area (TPSA) is 73.3 Å². The van der Waals surface area contributed by atoms with Gasteiger partial charge >= 0.3 is 0 Å². The molecule has 5 heteroatoms. The summed E-state index contributed by atoms with van der Waals surface area (Å²) in [6.45, 7) is 1.46. The van der Waals surface area contributed by atoms with Gasteiger partial charge in [-0.15, -0.1) is 0 Å². The minimum Gasteiger partial charge on any atom is -0.396 e. The molecular formula is C8H8N4O. The Balaban J connectivity index is 2.68. The first kappa shape index (κ1) is 7.72. The highest BCUT2D eigenvalue weighted by molar-refractivity contribution is 5.93. The molecule has 0 radical (unpaired) electrons. The Kier molecular flexibility index (Phi) is 1.51. The Morgan fingerprint density at radius 1 is 1.62 bits per heavy atom. The molecule has 0 aromatic carbocycles. The van der Waals surface area contributed by atoms with Gasteiger partial charge in [-0.25, -0.2) is 9.50 Å². The number of carbonyl (C=O) groups excluding carboxylic acids is 1. The molecular weight excluding hydrogens is 168 g/mol. The summed E-state index contributed by atoms with van der Waals surface area (Å²) in [4.78, 5) is 15.0. The van der Waals surface area contributed by atoms with Crippen LogP contribution in [0, 0.1) is 0 Å². The monoisotopic (exact) mass is 176 g/mol. The van der Waals surface area contributed by atoms with E-state index in [0.29, 0.717) is 17.0 Å². The Bertz CT molecular complexity index is 474. The number of hydrogen-bond acceptors (Lipinski definition) is 4. The van der Waals surface area contributed by atoms with Crippen LogP contribution in [0.1, 0.15) is 17.4 Å². The van der Waals surface area contributed by atoms with Crippen LogP contribution in [0.5, 0.6) is 0 Å². The second kappa shape index (κ2) is 2.55. The summed E-state index contributed by atoms with van der Waals surface area (Å²) in [5.41, 5.74) is 7.05. The largest absolute Gasteiger partial charge is 0.396 e. The van der Waals surface area contributed by atoms with Crippen LogP contribution >= 0.6 is 0 Å². The zero-order valence-corrected chi connectivity index (χ0v) is 7.06. The van der Waals surface area contributed by atoms with Gasteiger partial charge < -0.3 is 5.73 Å². The van der Waals surface area contributed by atoms with Crippen molar-refractivity contribution in [2.75, 3.05) is 5.73 Å². The van der Waals surface area contributed by atoms with E-state index < -0.39 is 0 Å². The lowest BCUT2D eigenvalue weighted by atomic mass is 10.3. The number of hydrogen-bond donors (Lipinski definition) is 1. The number of fused-ring (bicyclic) bond motifs is 1. The first-order valence-corrected chi connectivity index (χ1v) is 3.78. The first-order valence-electron chi connectivity index (χ1n) is 3.78. The Hall–Kier alpha value is -1.91. The molecule has 0 amide bonds. The molecule has 0 atom stereocenters. The third-order valence-electron chi connectivity index (χ3n) is 1.69. The summed E-state index contributed by atoms with van der Waals surface area (Å²) in [6.07, 6.45) is 3.15. The average Bonchev–Trinajstić information content (AvgIpc) is 2.46. The van der Waals surface area contributed by atoms with Crippen LogP contribution in [0.25, 0.3) is 5.65 Å². The number of aromatic nitrogens is 3. The van der Waals surface area contributed by atoms with Crippen molar-refractivity contribution in [3.8, 4) is 0 Å². The molecule has 2 heterocycles. The maximum absolute atomic E-state index is 11.0. The smallest absolute Gasteiger partial charge is 0.180 e. The lowest BCUT2D eigenvalue weighted by Gasteiger charge is -1.92. The molecule has 13 heavy (non-hydrogen) atoms. The molecule has 2 N–H and O–H groups in total. The van der Waals surface area contributed by atoms with Gasteiger partial charge in [0.05, 0.1) is 18.1 Å². The van der Waals surface area contributed by atoms with E-state index in [1.807, 2.05) is 0 Å². The number of Topliss-reactive ketones (excluding diaryl/α,β-unsaturated/α-hetero) is 1. The van der Waals surface area contributed by atoms with Gasteiger partial charge in [0.25, 0.3) is 0 Å². The van der Waals surface area contributed by atoms with E-state index in [1.54, 1.807) is 12.3 Å². The van der Waals surface area contributed by atoms with Gasteiger partial charge in [-0.05, 0) is 0 Å². The highest BCUT2D eigenvalue weighted by atomic mass is 16.1. The number of rotatable bonds is 1. The molecule has 0 aliphatic carbocycles. The molecule has 0 saturated heterocycles. The first-order chi connectivity index (χ1) is 6.16. The van der Waals surface area contributed by atoms with Crippen LogP contribution in [0.4, 0.5) is 5.69 Å². The van der Waals surface area contributed by atoms with E-state index in [-0.39, 0.29) is 5.78 Å². The Morgan fingerprint density at radius 2 is 2.38 bits per heavy atom. The summed E-state index contributed by atoms with van der Waals surface area (Å²) in [7, 11) is 0. The van der Waals surface area contributed by atoms with E-state index in [4.69, 9.17) is 5.73 Å². The zero-order chi connectivity index (χ0) is 9.42. The molecule has 5 nitrogen and oxygen atoms in total. The van der Waals surface area contributed by atoms with Crippen molar-refractivity contribution >= 4 is 17.1 Å². The SMILES string of the molecule is CC(=O)c1cc2ncc(N)cn2n1. The molecule has 0 spiro atoms. The van der Waals surface area contributed by atoms with Crippen molar-refractivity contribution < 1.29 is 4.79 Å². The third-order valence-corrected chi connectivity index (χ3v) is 1.69. The van der Waals surface area contributed by atoms with Gasteiger partial charge in [-0.2, -0.15) is 5.10 Å². The summed E-state index contributed by atoms with van der Waals surface area (Å²) in [6, 6.07) is 1.63. The minimum atomic E-state index is -0.0796. The van der Waals surface area contributed by atoms with Crippen molar-refractivity contribution in [3.05, 3.63) is 24.2 Å². The summed E-state index contributed by atoms with van der Waals surface area (Å²) >= 11 is 0. The van der Waals surface area contributed by atoms with Gasteiger partial charge in [0, 0.05) is 13.0 Å². The van der Waals surface area contributed by atoms with Gasteiger partial charge in [0.15, 0.2) is 11.4 Å². The normalized spacial score (nSPS) is 10.5. The van der Waals surface area contributed by atoms with Gasteiger partial charge in [0.1, 0.15) is 5.69 Å². The predicted octanol–water partition coefficient (Wildman–Crippen LogP) is 0.514.